The summed E-state index contributed by atoms with van der Waals surface area (Å²) in [5.74, 6) is 0.108. The quantitative estimate of drug-likeness (QED) is 0.582. The van der Waals surface area contributed by atoms with Crippen molar-refractivity contribution in [2.24, 2.45) is 5.10 Å². The molecule has 2 aromatic rings. The number of benzene rings is 2. The van der Waals surface area contributed by atoms with E-state index in [0.29, 0.717) is 11.3 Å². The van der Waals surface area contributed by atoms with Gasteiger partial charge in [0.15, 0.2) is 0 Å². The normalized spacial score (nSPS) is 10.3. The van der Waals surface area contributed by atoms with Gasteiger partial charge < -0.3 is 10.4 Å². The summed E-state index contributed by atoms with van der Waals surface area (Å²) in [5, 5.41) is 15.9. The highest BCUT2D eigenvalue weighted by Gasteiger charge is 1.99. The highest BCUT2D eigenvalue weighted by Crippen LogP contribution is 2.12. The van der Waals surface area contributed by atoms with Gasteiger partial charge in [0.2, 0.25) is 0 Å². The minimum atomic E-state index is -0.446. The lowest BCUT2D eigenvalue weighted by molar-refractivity contribution is 0.252. The molecule has 0 aromatic heterocycles. The molecule has 5 nitrogen and oxygen atoms in total. The van der Waals surface area contributed by atoms with Crippen LogP contribution in [0.4, 0.5) is 10.5 Å². The Kier molecular flexibility index (Phi) is 4.12. The molecule has 0 saturated carbocycles. The van der Waals surface area contributed by atoms with Crippen molar-refractivity contribution in [2.75, 3.05) is 5.32 Å². The van der Waals surface area contributed by atoms with Gasteiger partial charge in [-0.3, -0.25) is 0 Å². The van der Waals surface area contributed by atoms with Crippen LogP contribution in [0.3, 0.4) is 0 Å². The van der Waals surface area contributed by atoms with Gasteiger partial charge >= 0.3 is 6.03 Å². The fourth-order valence-electron chi connectivity index (χ4n) is 1.44. The van der Waals surface area contributed by atoms with Gasteiger partial charge in [0.1, 0.15) is 5.75 Å². The molecular formula is C14H13N3O2. The maximum atomic E-state index is 11.5. The number of urea groups is 1. The first-order valence-corrected chi connectivity index (χ1v) is 5.69. The van der Waals surface area contributed by atoms with Crippen LogP contribution in [0.15, 0.2) is 59.7 Å². The fourth-order valence-corrected chi connectivity index (χ4v) is 1.44. The van der Waals surface area contributed by atoms with E-state index in [0.717, 1.165) is 0 Å². The largest absolute Gasteiger partial charge is 0.507 e. The number of rotatable bonds is 3. The zero-order valence-electron chi connectivity index (χ0n) is 10.1. The van der Waals surface area contributed by atoms with Gasteiger partial charge in [-0.1, -0.05) is 30.3 Å². The Morgan fingerprint density at radius 1 is 1.05 bits per heavy atom. The number of phenols is 1. The molecule has 0 bridgehead atoms. The van der Waals surface area contributed by atoms with Gasteiger partial charge in [-0.15, -0.1) is 0 Å². The van der Waals surface area contributed by atoms with E-state index in [4.69, 9.17) is 0 Å². The highest BCUT2D eigenvalue weighted by molar-refractivity contribution is 5.90. The second-order valence-corrected chi connectivity index (χ2v) is 3.75. The smallest absolute Gasteiger partial charge is 0.339 e. The number of phenolic OH excluding ortho intramolecular Hbond substituents is 1. The zero-order chi connectivity index (χ0) is 13.5. The minimum absolute atomic E-state index is 0.108. The molecule has 96 valence electrons. The molecule has 0 aliphatic heterocycles. The summed E-state index contributed by atoms with van der Waals surface area (Å²) in [6.45, 7) is 0. The molecule has 0 unspecified atom stereocenters. The molecule has 0 saturated heterocycles. The van der Waals surface area contributed by atoms with Crippen LogP contribution in [0.2, 0.25) is 0 Å². The molecule has 2 rings (SSSR count). The van der Waals surface area contributed by atoms with E-state index >= 15 is 0 Å². The Morgan fingerprint density at radius 3 is 2.47 bits per heavy atom. The summed E-state index contributed by atoms with van der Waals surface area (Å²) in [5.41, 5.74) is 3.52. The Balaban J connectivity index is 1.89. The van der Waals surface area contributed by atoms with Gasteiger partial charge in [0, 0.05) is 11.3 Å². The number of carbonyl (C=O) groups is 1. The van der Waals surface area contributed by atoms with E-state index in [1.165, 1.54) is 6.21 Å². The van der Waals surface area contributed by atoms with E-state index in [-0.39, 0.29) is 5.75 Å². The Bertz CT molecular complexity index is 582. The molecule has 3 N–H and O–H groups in total. The van der Waals surface area contributed by atoms with Crippen molar-refractivity contribution in [3.63, 3.8) is 0 Å². The molecule has 2 aromatic carbocycles. The second kappa shape index (κ2) is 6.20. The Morgan fingerprint density at radius 2 is 1.74 bits per heavy atom. The Labute approximate surface area is 110 Å². The summed E-state index contributed by atoms with van der Waals surface area (Å²) in [7, 11) is 0. The van der Waals surface area contributed by atoms with Crippen LogP contribution in [0.5, 0.6) is 5.75 Å². The first-order valence-electron chi connectivity index (χ1n) is 5.69. The summed E-state index contributed by atoms with van der Waals surface area (Å²) in [6.07, 6.45) is 1.37. The van der Waals surface area contributed by atoms with Gasteiger partial charge in [-0.2, -0.15) is 5.10 Å². The van der Waals surface area contributed by atoms with Gasteiger partial charge in [-0.25, -0.2) is 10.2 Å². The standard InChI is InChI=1S/C14H13N3O2/c18-13-9-5-4-6-11(13)10-15-17-14(19)16-12-7-2-1-3-8-12/h1-10,18H,(H2,16,17,19)/b15-10-. The number of anilines is 1. The minimum Gasteiger partial charge on any atom is -0.507 e. The van der Waals surface area contributed by atoms with Crippen LogP contribution < -0.4 is 10.7 Å². The molecule has 0 spiro atoms. The maximum absolute atomic E-state index is 11.5. The summed E-state index contributed by atoms with van der Waals surface area (Å²) in [4.78, 5) is 11.5. The van der Waals surface area contributed by atoms with Crippen molar-refractivity contribution < 1.29 is 9.90 Å². The van der Waals surface area contributed by atoms with Crippen LogP contribution in [0, 0.1) is 0 Å². The van der Waals surface area contributed by atoms with E-state index < -0.39 is 6.03 Å². The third-order valence-electron chi connectivity index (χ3n) is 2.34. The number of hydrogen-bond donors (Lipinski definition) is 3. The lowest BCUT2D eigenvalue weighted by Gasteiger charge is -2.03. The fraction of sp³-hybridized carbons (Fsp3) is 0. The summed E-state index contributed by atoms with van der Waals surface area (Å²) in [6, 6.07) is 15.3. The average molecular weight is 255 g/mol. The van der Waals surface area contributed by atoms with Gasteiger partial charge in [0.25, 0.3) is 0 Å². The number of hydrogen-bond acceptors (Lipinski definition) is 3. The summed E-state index contributed by atoms with van der Waals surface area (Å²) < 4.78 is 0. The summed E-state index contributed by atoms with van der Waals surface area (Å²) >= 11 is 0. The number of amides is 2. The van der Waals surface area contributed by atoms with Crippen LogP contribution >= 0.6 is 0 Å². The number of para-hydroxylation sites is 2. The predicted molar refractivity (Wildman–Crippen MR) is 74.3 cm³/mol. The van der Waals surface area contributed by atoms with Gasteiger partial charge in [0.05, 0.1) is 6.21 Å². The first-order chi connectivity index (χ1) is 9.25. The van der Waals surface area contributed by atoms with Crippen molar-refractivity contribution in [2.45, 2.75) is 0 Å². The van der Waals surface area contributed by atoms with E-state index in [1.807, 2.05) is 18.2 Å². The van der Waals surface area contributed by atoms with Crippen molar-refractivity contribution in [3.05, 3.63) is 60.2 Å². The monoisotopic (exact) mass is 255 g/mol. The molecule has 0 heterocycles. The molecule has 0 atom stereocenters. The lowest BCUT2D eigenvalue weighted by atomic mass is 10.2. The molecular weight excluding hydrogens is 242 g/mol. The first kappa shape index (κ1) is 12.6. The number of hydrazone groups is 1. The molecule has 5 heteroatoms. The lowest BCUT2D eigenvalue weighted by Crippen LogP contribution is -2.24. The molecule has 0 aliphatic carbocycles. The average Bonchev–Trinajstić information content (AvgIpc) is 2.42. The van der Waals surface area contributed by atoms with Gasteiger partial charge in [-0.05, 0) is 24.3 Å². The maximum Gasteiger partial charge on any atom is 0.339 e. The Hall–Kier alpha value is -2.82. The molecule has 2 amide bonds. The van der Waals surface area contributed by atoms with Crippen LogP contribution in [0.25, 0.3) is 0 Å². The molecule has 0 fully saturated rings. The topological polar surface area (TPSA) is 73.7 Å². The number of nitrogens with zero attached hydrogens (tertiary/aromatic N) is 1. The SMILES string of the molecule is O=C(N/N=C\c1ccccc1O)Nc1ccccc1. The van der Waals surface area contributed by atoms with Crippen molar-refractivity contribution in [3.8, 4) is 5.75 Å². The molecule has 0 aliphatic rings. The van der Waals surface area contributed by atoms with Crippen LogP contribution in [-0.4, -0.2) is 17.4 Å². The van der Waals surface area contributed by atoms with Crippen LogP contribution in [-0.2, 0) is 0 Å². The molecule has 19 heavy (non-hydrogen) atoms. The van der Waals surface area contributed by atoms with Crippen molar-refractivity contribution >= 4 is 17.9 Å². The van der Waals surface area contributed by atoms with E-state index in [9.17, 15) is 9.90 Å². The van der Waals surface area contributed by atoms with Crippen molar-refractivity contribution in [1.82, 2.24) is 5.43 Å². The third kappa shape index (κ3) is 3.85. The zero-order valence-corrected chi connectivity index (χ0v) is 10.1. The second-order valence-electron chi connectivity index (χ2n) is 3.75. The molecule has 0 radical (unpaired) electrons. The van der Waals surface area contributed by atoms with E-state index in [2.05, 4.69) is 15.8 Å². The van der Waals surface area contributed by atoms with E-state index in [1.54, 1.807) is 36.4 Å². The predicted octanol–water partition coefficient (Wildman–Crippen LogP) is 2.55. The number of carbonyl (C=O) groups excluding carboxylic acids is 1. The highest BCUT2D eigenvalue weighted by atomic mass is 16.3. The number of aromatic hydroxyl groups is 1. The van der Waals surface area contributed by atoms with Crippen molar-refractivity contribution in [1.29, 1.82) is 0 Å². The number of nitrogens with one attached hydrogen (secondary N) is 2. The van der Waals surface area contributed by atoms with Crippen LogP contribution in [0.1, 0.15) is 5.56 Å². The third-order valence-corrected chi connectivity index (χ3v) is 2.34.